The van der Waals surface area contributed by atoms with Gasteiger partial charge in [0.1, 0.15) is 5.58 Å². The van der Waals surface area contributed by atoms with Gasteiger partial charge in [0, 0.05) is 33.7 Å². The number of furan rings is 1. The third kappa shape index (κ3) is 6.76. The first-order chi connectivity index (χ1) is 34.5. The molecule has 13 rings (SSSR count). The van der Waals surface area contributed by atoms with E-state index in [0.717, 1.165) is 24.1 Å². The Bertz CT molecular complexity index is 3570. The molecular formula is C70H81BN2O. The lowest BCUT2D eigenvalue weighted by molar-refractivity contribution is 0.332. The molecule has 0 spiro atoms. The predicted molar refractivity (Wildman–Crippen MR) is 317 cm³/mol. The largest absolute Gasteiger partial charge is 0.468 e. The van der Waals surface area contributed by atoms with E-state index in [1.807, 2.05) is 0 Å². The Morgan fingerprint density at radius 1 is 0.473 bits per heavy atom. The van der Waals surface area contributed by atoms with Crippen LogP contribution in [0.3, 0.4) is 0 Å². The fourth-order valence-corrected chi connectivity index (χ4v) is 15.6. The quantitative estimate of drug-likeness (QED) is 0.165. The van der Waals surface area contributed by atoms with Crippen molar-refractivity contribution in [3.05, 3.63) is 147 Å². The Kier molecular flexibility index (Phi) is 9.72. The van der Waals surface area contributed by atoms with E-state index < -0.39 is 0 Å². The molecule has 7 aromatic rings. The molecule has 0 saturated heterocycles. The highest BCUT2D eigenvalue weighted by Crippen LogP contribution is 2.62. The molecule has 0 amide bonds. The number of anilines is 6. The maximum Gasteiger partial charge on any atom is 0.297 e. The average molecular weight is 977 g/mol. The van der Waals surface area contributed by atoms with E-state index in [1.54, 1.807) is 5.56 Å². The summed E-state index contributed by atoms with van der Waals surface area (Å²) in [6, 6.07) is 39.9. The van der Waals surface area contributed by atoms with Gasteiger partial charge in [-0.25, -0.2) is 0 Å². The molecule has 6 aliphatic rings. The van der Waals surface area contributed by atoms with Gasteiger partial charge in [0.15, 0.2) is 0 Å². The first kappa shape index (κ1) is 48.2. The molecule has 1 fully saturated rings. The Hall–Kier alpha value is -5.48. The molecule has 2 unspecified atom stereocenters. The summed E-state index contributed by atoms with van der Waals surface area (Å²) in [5.74, 6) is 0. The van der Waals surface area contributed by atoms with E-state index in [2.05, 4.69) is 225 Å². The van der Waals surface area contributed by atoms with Crippen molar-refractivity contribution in [3.8, 4) is 11.1 Å². The van der Waals surface area contributed by atoms with E-state index in [4.69, 9.17) is 4.42 Å². The third-order valence-electron chi connectivity index (χ3n) is 20.5. The lowest BCUT2D eigenvalue weighted by Gasteiger charge is -2.47. The first-order valence-electron chi connectivity index (χ1n) is 28.5. The first-order valence-corrected chi connectivity index (χ1v) is 28.5. The van der Waals surface area contributed by atoms with Crippen LogP contribution in [0, 0.1) is 6.92 Å². The van der Waals surface area contributed by atoms with Crippen molar-refractivity contribution in [1.82, 2.24) is 0 Å². The van der Waals surface area contributed by atoms with Crippen LogP contribution < -0.4 is 26.4 Å². The lowest BCUT2D eigenvalue weighted by Crippen LogP contribution is -2.61. The molecule has 6 aromatic carbocycles. The standard InChI is InChI=1S/C70H81BN2O/c1-41-32-57-60-58(33-41)73(55-25-22-44(64(5,6)7)34-46(55)42-18-20-43(21-19-42)63(2,3)4)56-38-51-50(67(12,13)28-29-68(51,14)15)37-54(56)71(60)62-61(47-36-52-53(39-59(47)74-62)70(17)31-30-69(52,16)40-70)72(57)45-23-24-48-49(35-45)66(10,11)27-26-65(48,8)9/h18-25,32-39H,26-31,40H2,1-17H3. The van der Waals surface area contributed by atoms with Gasteiger partial charge in [0.25, 0.3) is 6.71 Å². The highest BCUT2D eigenvalue weighted by atomic mass is 16.3. The van der Waals surface area contributed by atoms with E-state index in [-0.39, 0.29) is 50.0 Å². The van der Waals surface area contributed by atoms with E-state index in [1.165, 1.54) is 138 Å². The molecule has 4 heteroatoms. The van der Waals surface area contributed by atoms with E-state index in [0.29, 0.717) is 0 Å². The topological polar surface area (TPSA) is 19.6 Å². The molecule has 2 atom stereocenters. The van der Waals surface area contributed by atoms with Gasteiger partial charge in [-0.15, -0.1) is 0 Å². The molecule has 3 heterocycles. The summed E-state index contributed by atoms with van der Waals surface area (Å²) in [5.41, 5.74) is 28.3. The van der Waals surface area contributed by atoms with Gasteiger partial charge in [-0.05, 0) is 216 Å². The zero-order valence-electron chi connectivity index (χ0n) is 48.1. The average Bonchev–Trinajstić information content (AvgIpc) is 3.94. The molecule has 380 valence electrons. The normalized spacial score (nSPS) is 23.3. The smallest absolute Gasteiger partial charge is 0.297 e. The zero-order valence-corrected chi connectivity index (χ0v) is 48.1. The molecule has 0 N–H and O–H groups in total. The number of rotatable bonds is 3. The van der Waals surface area contributed by atoms with Crippen molar-refractivity contribution in [2.75, 3.05) is 9.80 Å². The number of aryl methyl sites for hydroxylation is 1. The number of fused-ring (bicyclic) bond motifs is 13. The van der Waals surface area contributed by atoms with Gasteiger partial charge < -0.3 is 14.2 Å². The second kappa shape index (κ2) is 14.9. The fraction of sp³-hybridized carbons (Fsp3) is 0.457. The molecule has 2 bridgehead atoms. The summed E-state index contributed by atoms with van der Waals surface area (Å²) in [6.07, 6.45) is 8.37. The second-order valence-electron chi connectivity index (χ2n) is 29.9. The second-order valence-corrected chi connectivity index (χ2v) is 29.9. The highest BCUT2D eigenvalue weighted by molar-refractivity contribution is 7.00. The van der Waals surface area contributed by atoms with Gasteiger partial charge in [0.2, 0.25) is 0 Å². The predicted octanol–water partition coefficient (Wildman–Crippen LogP) is 17.5. The van der Waals surface area contributed by atoms with Gasteiger partial charge >= 0.3 is 0 Å². The number of nitrogens with zero attached hydrogens (tertiary/aromatic N) is 2. The van der Waals surface area contributed by atoms with Gasteiger partial charge in [-0.2, -0.15) is 0 Å². The van der Waals surface area contributed by atoms with Crippen LogP contribution in [0.15, 0.2) is 101 Å². The molecule has 1 aromatic heterocycles. The van der Waals surface area contributed by atoms with Crippen molar-refractivity contribution in [3.63, 3.8) is 0 Å². The van der Waals surface area contributed by atoms with Crippen LogP contribution in [0.2, 0.25) is 0 Å². The van der Waals surface area contributed by atoms with E-state index >= 15 is 0 Å². The van der Waals surface area contributed by atoms with Gasteiger partial charge in [0.05, 0.1) is 17.0 Å². The maximum atomic E-state index is 7.78. The lowest BCUT2D eigenvalue weighted by atomic mass is 9.35. The van der Waals surface area contributed by atoms with Crippen LogP contribution in [0.1, 0.15) is 206 Å². The van der Waals surface area contributed by atoms with E-state index in [9.17, 15) is 0 Å². The molecule has 3 nitrogen and oxygen atoms in total. The fourth-order valence-electron chi connectivity index (χ4n) is 15.6. The zero-order chi connectivity index (χ0) is 52.4. The van der Waals surface area contributed by atoms with Crippen LogP contribution in [-0.2, 0) is 43.3 Å². The molecular weight excluding hydrogens is 896 g/mol. The van der Waals surface area contributed by atoms with Crippen molar-refractivity contribution >= 4 is 68.4 Å². The Morgan fingerprint density at radius 2 is 1.01 bits per heavy atom. The van der Waals surface area contributed by atoms with Crippen molar-refractivity contribution in [1.29, 1.82) is 0 Å². The SMILES string of the molecule is Cc1cc2c3c(c1)N(c1ccc4c(c1)C(C)(C)CCC4(C)C)c1c(oc4cc5c(cc14)C1(C)CCC5(C)C1)B3c1cc3c(cc1N2c1ccc(C(C)(C)C)cc1-c1ccc(C(C)(C)C)cc1)C(C)(C)CCC3(C)C. The van der Waals surface area contributed by atoms with Crippen LogP contribution >= 0.6 is 0 Å². The van der Waals surface area contributed by atoms with Gasteiger partial charge in [-0.3, -0.25) is 0 Å². The van der Waals surface area contributed by atoms with Crippen molar-refractivity contribution < 1.29 is 4.42 Å². The maximum absolute atomic E-state index is 7.78. The number of benzene rings is 6. The van der Waals surface area contributed by atoms with Crippen LogP contribution in [0.4, 0.5) is 34.1 Å². The summed E-state index contributed by atoms with van der Waals surface area (Å²) >= 11 is 0. The Morgan fingerprint density at radius 3 is 1.62 bits per heavy atom. The third-order valence-corrected chi connectivity index (χ3v) is 20.5. The summed E-state index contributed by atoms with van der Waals surface area (Å²) in [4.78, 5) is 5.38. The summed E-state index contributed by atoms with van der Waals surface area (Å²) in [6.45, 7) is 41.1. The minimum atomic E-state index is -0.120. The minimum Gasteiger partial charge on any atom is -0.468 e. The molecule has 0 radical (unpaired) electrons. The van der Waals surface area contributed by atoms with Crippen molar-refractivity contribution in [2.24, 2.45) is 0 Å². The Labute approximate surface area is 444 Å². The molecule has 74 heavy (non-hydrogen) atoms. The highest BCUT2D eigenvalue weighted by Gasteiger charge is 2.55. The minimum absolute atomic E-state index is 0.0140. The molecule has 1 saturated carbocycles. The monoisotopic (exact) mass is 977 g/mol. The van der Waals surface area contributed by atoms with Crippen LogP contribution in [-0.4, -0.2) is 6.71 Å². The van der Waals surface area contributed by atoms with Gasteiger partial charge in [-0.1, -0.05) is 153 Å². The summed E-state index contributed by atoms with van der Waals surface area (Å²) in [7, 11) is 0. The summed E-state index contributed by atoms with van der Waals surface area (Å²) < 4.78 is 7.78. The van der Waals surface area contributed by atoms with Crippen LogP contribution in [0.25, 0.3) is 22.1 Å². The Balaban J connectivity index is 1.16. The molecule has 4 aliphatic carbocycles. The number of hydrogen-bond acceptors (Lipinski definition) is 3. The van der Waals surface area contributed by atoms with Crippen molar-refractivity contribution in [2.45, 2.75) is 206 Å². The number of hydrogen-bond donors (Lipinski definition) is 0. The molecule has 2 aliphatic heterocycles. The van der Waals surface area contributed by atoms with Crippen LogP contribution in [0.5, 0.6) is 0 Å². The summed E-state index contributed by atoms with van der Waals surface area (Å²) in [5, 5.41) is 1.25.